The number of aromatic nitrogens is 4. The zero-order chi connectivity index (χ0) is 20.9. The van der Waals surface area contributed by atoms with Crippen LogP contribution in [0, 0.1) is 5.82 Å². The van der Waals surface area contributed by atoms with E-state index in [1.165, 1.54) is 29.5 Å². The molecule has 0 atom stereocenters. The van der Waals surface area contributed by atoms with Gasteiger partial charge in [-0.05, 0) is 48.1 Å². The van der Waals surface area contributed by atoms with Crippen molar-refractivity contribution in [3.05, 3.63) is 71.7 Å². The van der Waals surface area contributed by atoms with Gasteiger partial charge in [0.1, 0.15) is 17.4 Å². The van der Waals surface area contributed by atoms with Gasteiger partial charge in [0.05, 0.1) is 18.7 Å². The van der Waals surface area contributed by atoms with E-state index >= 15 is 0 Å². The van der Waals surface area contributed by atoms with Crippen molar-refractivity contribution in [3.8, 4) is 5.75 Å². The summed E-state index contributed by atoms with van der Waals surface area (Å²) in [5.74, 6) is 1.32. The summed E-state index contributed by atoms with van der Waals surface area (Å²) < 4.78 is 20.3. The van der Waals surface area contributed by atoms with E-state index in [2.05, 4.69) is 26.4 Å². The van der Waals surface area contributed by atoms with Crippen LogP contribution in [0.3, 0.4) is 0 Å². The lowest BCUT2D eigenvalue weighted by Crippen LogP contribution is -2.07. The maximum absolute atomic E-state index is 13.1. The van der Waals surface area contributed by atoms with Crippen molar-refractivity contribution in [2.75, 3.05) is 18.7 Å². The SMILES string of the molecule is COc1cccc(CCn2ncc3c(NCc4ccc(F)cc4)nc(SC)nc32)c1. The summed E-state index contributed by atoms with van der Waals surface area (Å²) >= 11 is 1.48. The average Bonchev–Trinajstić information content (AvgIpc) is 3.20. The Labute approximate surface area is 178 Å². The highest BCUT2D eigenvalue weighted by atomic mass is 32.2. The third-order valence-corrected chi connectivity index (χ3v) is 5.33. The molecule has 0 amide bonds. The lowest BCUT2D eigenvalue weighted by molar-refractivity contribution is 0.414. The summed E-state index contributed by atoms with van der Waals surface area (Å²) in [6.45, 7) is 1.23. The molecule has 0 aliphatic heterocycles. The molecule has 2 aromatic carbocycles. The van der Waals surface area contributed by atoms with Crippen molar-refractivity contribution in [2.24, 2.45) is 0 Å². The van der Waals surface area contributed by atoms with Crippen LogP contribution in [0.1, 0.15) is 11.1 Å². The Morgan fingerprint density at radius 3 is 2.70 bits per heavy atom. The summed E-state index contributed by atoms with van der Waals surface area (Å²) in [6, 6.07) is 14.5. The van der Waals surface area contributed by atoms with Crippen LogP contribution in [0.4, 0.5) is 10.2 Å². The van der Waals surface area contributed by atoms with Gasteiger partial charge in [0.2, 0.25) is 0 Å². The maximum atomic E-state index is 13.1. The minimum absolute atomic E-state index is 0.245. The molecule has 2 aromatic heterocycles. The van der Waals surface area contributed by atoms with Gasteiger partial charge in [0.25, 0.3) is 0 Å². The minimum atomic E-state index is -0.245. The van der Waals surface area contributed by atoms with Gasteiger partial charge in [0.15, 0.2) is 10.8 Å². The van der Waals surface area contributed by atoms with E-state index < -0.39 is 0 Å². The summed E-state index contributed by atoms with van der Waals surface area (Å²) in [5.41, 5.74) is 2.94. The molecule has 154 valence electrons. The number of halogens is 1. The first kappa shape index (κ1) is 20.2. The van der Waals surface area contributed by atoms with Crippen LogP contribution in [0.25, 0.3) is 11.0 Å². The van der Waals surface area contributed by atoms with E-state index in [9.17, 15) is 4.39 Å². The molecular formula is C22H22FN5OS. The predicted molar refractivity (Wildman–Crippen MR) is 118 cm³/mol. The van der Waals surface area contributed by atoms with Gasteiger partial charge in [-0.1, -0.05) is 36.0 Å². The van der Waals surface area contributed by atoms with Gasteiger partial charge in [-0.25, -0.2) is 19.0 Å². The Morgan fingerprint density at radius 2 is 1.93 bits per heavy atom. The van der Waals surface area contributed by atoms with Crippen molar-refractivity contribution in [3.63, 3.8) is 0 Å². The first-order valence-corrected chi connectivity index (χ1v) is 10.8. The molecule has 30 heavy (non-hydrogen) atoms. The first-order valence-electron chi connectivity index (χ1n) is 9.55. The number of nitrogens with zero attached hydrogens (tertiary/aromatic N) is 4. The molecular weight excluding hydrogens is 401 g/mol. The second kappa shape index (κ2) is 9.13. The summed E-state index contributed by atoms with van der Waals surface area (Å²) in [5, 5.41) is 9.42. The summed E-state index contributed by atoms with van der Waals surface area (Å²) in [4.78, 5) is 9.27. The number of thioether (sulfide) groups is 1. The van der Waals surface area contributed by atoms with E-state index in [1.54, 1.807) is 25.4 Å². The third-order valence-electron chi connectivity index (χ3n) is 4.78. The number of anilines is 1. The fourth-order valence-corrected chi connectivity index (χ4v) is 3.54. The van der Waals surface area contributed by atoms with Gasteiger partial charge in [0, 0.05) is 13.1 Å². The fourth-order valence-electron chi connectivity index (χ4n) is 3.18. The molecule has 0 spiro atoms. The number of aryl methyl sites for hydroxylation is 2. The molecule has 0 saturated heterocycles. The number of benzene rings is 2. The Bertz CT molecular complexity index is 1150. The molecule has 4 aromatic rings. The normalized spacial score (nSPS) is 11.0. The Balaban J connectivity index is 1.56. The van der Waals surface area contributed by atoms with Gasteiger partial charge in [-0.2, -0.15) is 5.10 Å². The van der Waals surface area contributed by atoms with Crippen LogP contribution < -0.4 is 10.1 Å². The van der Waals surface area contributed by atoms with E-state index in [-0.39, 0.29) is 5.82 Å². The summed E-state index contributed by atoms with van der Waals surface area (Å²) in [6.07, 6.45) is 4.55. The molecule has 0 aliphatic rings. The first-order chi connectivity index (χ1) is 14.7. The minimum Gasteiger partial charge on any atom is -0.497 e. The Morgan fingerprint density at radius 1 is 1.10 bits per heavy atom. The zero-order valence-corrected chi connectivity index (χ0v) is 17.6. The number of hydrogen-bond donors (Lipinski definition) is 1. The second-order valence-corrected chi connectivity index (χ2v) is 7.52. The number of rotatable bonds is 8. The monoisotopic (exact) mass is 423 g/mol. The topological polar surface area (TPSA) is 64.9 Å². The van der Waals surface area contributed by atoms with Crippen molar-refractivity contribution < 1.29 is 9.13 Å². The maximum Gasteiger partial charge on any atom is 0.191 e. The van der Waals surface area contributed by atoms with E-state index in [4.69, 9.17) is 4.74 Å². The van der Waals surface area contributed by atoms with Crippen molar-refractivity contribution in [2.45, 2.75) is 24.7 Å². The average molecular weight is 424 g/mol. The van der Waals surface area contributed by atoms with E-state index in [1.807, 2.05) is 29.1 Å². The highest BCUT2D eigenvalue weighted by molar-refractivity contribution is 7.98. The Hall–Kier alpha value is -3.13. The number of nitrogens with one attached hydrogen (secondary N) is 1. The zero-order valence-electron chi connectivity index (χ0n) is 16.8. The van der Waals surface area contributed by atoms with E-state index in [0.29, 0.717) is 18.2 Å². The second-order valence-electron chi connectivity index (χ2n) is 6.75. The van der Waals surface area contributed by atoms with Crippen LogP contribution >= 0.6 is 11.8 Å². The third kappa shape index (κ3) is 4.54. The molecule has 0 unspecified atom stereocenters. The van der Waals surface area contributed by atoms with Crippen molar-refractivity contribution in [1.29, 1.82) is 0 Å². The molecule has 4 rings (SSSR count). The van der Waals surface area contributed by atoms with Gasteiger partial charge >= 0.3 is 0 Å². The smallest absolute Gasteiger partial charge is 0.191 e. The van der Waals surface area contributed by atoms with Crippen molar-refractivity contribution >= 4 is 28.6 Å². The van der Waals surface area contributed by atoms with Gasteiger partial charge in [-0.3, -0.25) is 0 Å². The van der Waals surface area contributed by atoms with Crippen LogP contribution in [-0.4, -0.2) is 33.1 Å². The molecule has 2 heterocycles. The van der Waals surface area contributed by atoms with Crippen LogP contribution in [-0.2, 0) is 19.5 Å². The predicted octanol–water partition coefficient (Wildman–Crippen LogP) is 4.55. The molecule has 1 N–H and O–H groups in total. The molecule has 0 saturated carbocycles. The molecule has 0 fully saturated rings. The largest absolute Gasteiger partial charge is 0.497 e. The van der Waals surface area contributed by atoms with E-state index in [0.717, 1.165) is 34.6 Å². The van der Waals surface area contributed by atoms with Crippen LogP contribution in [0.2, 0.25) is 0 Å². The molecule has 0 bridgehead atoms. The quantitative estimate of drug-likeness (QED) is 0.331. The fraction of sp³-hybridized carbons (Fsp3) is 0.227. The number of fused-ring (bicyclic) bond motifs is 1. The molecule has 8 heteroatoms. The standard InChI is InChI=1S/C22H22FN5OS/c1-29-18-5-3-4-15(12-18)10-11-28-21-19(14-25-28)20(26-22(27-21)30-2)24-13-16-6-8-17(23)9-7-16/h3-9,12,14H,10-11,13H2,1-2H3,(H,24,26,27). The van der Waals surface area contributed by atoms with Crippen LogP contribution in [0.5, 0.6) is 5.75 Å². The Kier molecular flexibility index (Phi) is 6.13. The lowest BCUT2D eigenvalue weighted by atomic mass is 10.1. The number of ether oxygens (including phenoxy) is 1. The molecule has 0 aliphatic carbocycles. The molecule has 0 radical (unpaired) electrons. The van der Waals surface area contributed by atoms with Gasteiger partial charge < -0.3 is 10.1 Å². The van der Waals surface area contributed by atoms with Crippen molar-refractivity contribution in [1.82, 2.24) is 19.7 Å². The van der Waals surface area contributed by atoms with Gasteiger partial charge in [-0.15, -0.1) is 0 Å². The summed E-state index contributed by atoms with van der Waals surface area (Å²) in [7, 11) is 1.67. The van der Waals surface area contributed by atoms with Crippen LogP contribution in [0.15, 0.2) is 59.9 Å². The number of hydrogen-bond acceptors (Lipinski definition) is 6. The highest BCUT2D eigenvalue weighted by Crippen LogP contribution is 2.24. The number of methoxy groups -OCH3 is 1. The lowest BCUT2D eigenvalue weighted by Gasteiger charge is -2.09. The highest BCUT2D eigenvalue weighted by Gasteiger charge is 2.13. The molecule has 6 nitrogen and oxygen atoms in total.